The molecule has 0 saturated carbocycles. The number of aliphatic hydroxyl groups excluding tert-OH is 1. The minimum Gasteiger partial charge on any atom is -0.394 e. The molecule has 2 rings (SSSR count). The van der Waals surface area contributed by atoms with Gasteiger partial charge in [-0.15, -0.1) is 0 Å². The van der Waals surface area contributed by atoms with Gasteiger partial charge < -0.3 is 9.84 Å². The summed E-state index contributed by atoms with van der Waals surface area (Å²) in [5.41, 5.74) is -0.225. The fourth-order valence-corrected chi connectivity index (χ4v) is 2.10. The van der Waals surface area contributed by atoms with Gasteiger partial charge in [0.25, 0.3) is 0 Å². The second kappa shape index (κ2) is 6.05. The maximum Gasteiger partial charge on any atom is 0.305 e. The van der Waals surface area contributed by atoms with E-state index in [1.807, 2.05) is 4.90 Å². The van der Waals surface area contributed by atoms with E-state index in [4.69, 9.17) is 9.84 Å². The quantitative estimate of drug-likeness (QED) is 0.650. The molecule has 1 atom stereocenters. The van der Waals surface area contributed by atoms with Crippen molar-refractivity contribution in [2.24, 2.45) is 0 Å². The van der Waals surface area contributed by atoms with Gasteiger partial charge in [-0.2, -0.15) is 4.39 Å². The highest BCUT2D eigenvalue weighted by Gasteiger charge is 2.23. The van der Waals surface area contributed by atoms with E-state index in [1.165, 1.54) is 12.1 Å². The van der Waals surface area contributed by atoms with Crippen LogP contribution in [0.1, 0.15) is 5.56 Å². The highest BCUT2D eigenvalue weighted by atomic mass is 19.1. The lowest BCUT2D eigenvalue weighted by Gasteiger charge is -2.31. The molecular formula is C12H15FN2O4. The second-order valence-corrected chi connectivity index (χ2v) is 4.42. The molecule has 1 fully saturated rings. The number of rotatable bonds is 4. The molecule has 7 heteroatoms. The fourth-order valence-electron chi connectivity index (χ4n) is 2.10. The first-order valence-corrected chi connectivity index (χ1v) is 5.98. The van der Waals surface area contributed by atoms with Crippen LogP contribution in [-0.4, -0.2) is 47.3 Å². The molecule has 0 bridgehead atoms. The molecule has 0 amide bonds. The van der Waals surface area contributed by atoms with E-state index < -0.39 is 16.4 Å². The van der Waals surface area contributed by atoms with E-state index >= 15 is 0 Å². The minimum absolute atomic E-state index is 0.0894. The summed E-state index contributed by atoms with van der Waals surface area (Å²) in [5, 5.41) is 19.7. The van der Waals surface area contributed by atoms with Crippen molar-refractivity contribution in [1.82, 2.24) is 4.90 Å². The van der Waals surface area contributed by atoms with Crippen molar-refractivity contribution in [3.8, 4) is 0 Å². The van der Waals surface area contributed by atoms with Gasteiger partial charge >= 0.3 is 5.69 Å². The smallest absolute Gasteiger partial charge is 0.305 e. The van der Waals surface area contributed by atoms with Gasteiger partial charge in [-0.25, -0.2) is 0 Å². The third kappa shape index (κ3) is 3.25. The number of nitrogens with zero attached hydrogens (tertiary/aromatic N) is 2. The molecule has 1 aromatic rings. The molecule has 6 nitrogen and oxygen atoms in total. The van der Waals surface area contributed by atoms with E-state index in [-0.39, 0.29) is 24.8 Å². The highest BCUT2D eigenvalue weighted by molar-refractivity contribution is 5.36. The number of ether oxygens (including phenoxy) is 1. The molecule has 0 spiro atoms. The fraction of sp³-hybridized carbons (Fsp3) is 0.500. The van der Waals surface area contributed by atoms with Gasteiger partial charge in [-0.05, 0) is 0 Å². The molecule has 1 saturated heterocycles. The van der Waals surface area contributed by atoms with Crippen LogP contribution < -0.4 is 0 Å². The van der Waals surface area contributed by atoms with Crippen molar-refractivity contribution in [3.05, 3.63) is 39.7 Å². The molecule has 1 aliphatic heterocycles. The van der Waals surface area contributed by atoms with Gasteiger partial charge in [0.05, 0.1) is 24.2 Å². The molecule has 0 aliphatic carbocycles. The molecule has 1 heterocycles. The van der Waals surface area contributed by atoms with Gasteiger partial charge in [-0.3, -0.25) is 15.0 Å². The molecule has 1 N–H and O–H groups in total. The lowest BCUT2D eigenvalue weighted by Crippen LogP contribution is -2.43. The van der Waals surface area contributed by atoms with Gasteiger partial charge in [-0.1, -0.05) is 12.1 Å². The maximum absolute atomic E-state index is 13.9. The maximum atomic E-state index is 13.9. The van der Waals surface area contributed by atoms with Crippen LogP contribution in [0.2, 0.25) is 0 Å². The zero-order valence-electron chi connectivity index (χ0n) is 10.3. The summed E-state index contributed by atoms with van der Waals surface area (Å²) in [6.45, 7) is 1.74. The Morgan fingerprint density at radius 2 is 2.37 bits per heavy atom. The van der Waals surface area contributed by atoms with E-state index in [0.29, 0.717) is 19.7 Å². The number of aliphatic hydroxyl groups is 1. The van der Waals surface area contributed by atoms with Crippen LogP contribution in [0.15, 0.2) is 18.2 Å². The number of benzene rings is 1. The number of halogens is 1. The zero-order valence-corrected chi connectivity index (χ0v) is 10.3. The van der Waals surface area contributed by atoms with Crippen LogP contribution in [0.4, 0.5) is 10.1 Å². The summed E-state index contributed by atoms with van der Waals surface area (Å²) in [4.78, 5) is 11.8. The first kappa shape index (κ1) is 13.9. The minimum atomic E-state index is -0.792. The summed E-state index contributed by atoms with van der Waals surface area (Å²) in [5.74, 6) is -0.792. The Hall–Kier alpha value is -1.57. The number of morpholine rings is 1. The van der Waals surface area contributed by atoms with E-state index in [9.17, 15) is 14.5 Å². The summed E-state index contributed by atoms with van der Waals surface area (Å²) >= 11 is 0. The van der Waals surface area contributed by atoms with Gasteiger partial charge in [0, 0.05) is 31.3 Å². The van der Waals surface area contributed by atoms with Gasteiger partial charge in [0.1, 0.15) is 0 Å². The Bertz CT molecular complexity index is 469. The van der Waals surface area contributed by atoms with E-state index in [0.717, 1.165) is 6.07 Å². The average Bonchev–Trinajstić information content (AvgIpc) is 2.41. The van der Waals surface area contributed by atoms with Crippen LogP contribution in [0, 0.1) is 15.9 Å². The predicted octanol–water partition coefficient (Wildman–Crippen LogP) is 0.927. The number of nitro benzene ring substituents is 1. The number of nitro groups is 1. The molecular weight excluding hydrogens is 255 g/mol. The molecule has 19 heavy (non-hydrogen) atoms. The molecule has 104 valence electrons. The number of hydrogen-bond donors (Lipinski definition) is 1. The monoisotopic (exact) mass is 270 g/mol. The standard InChI is InChI=1S/C12H15FN2O4/c13-12-9(2-1-3-11(12)15(17)18)6-14-4-5-19-10(7-14)8-16/h1-3,10,16H,4-8H2. The van der Waals surface area contributed by atoms with Crippen molar-refractivity contribution in [3.63, 3.8) is 0 Å². The summed E-state index contributed by atoms with van der Waals surface area (Å²) in [6, 6.07) is 4.15. The SMILES string of the molecule is O=[N+]([O-])c1cccc(CN2CCOC(CO)C2)c1F. The summed E-state index contributed by atoms with van der Waals surface area (Å²) in [6.07, 6.45) is -0.282. The van der Waals surface area contributed by atoms with Crippen molar-refractivity contribution in [2.45, 2.75) is 12.6 Å². The highest BCUT2D eigenvalue weighted by Crippen LogP contribution is 2.22. The Morgan fingerprint density at radius 3 is 3.05 bits per heavy atom. The van der Waals surface area contributed by atoms with Crippen molar-refractivity contribution >= 4 is 5.69 Å². The first-order valence-electron chi connectivity index (χ1n) is 5.98. The average molecular weight is 270 g/mol. The Morgan fingerprint density at radius 1 is 1.58 bits per heavy atom. The Kier molecular flexibility index (Phi) is 4.41. The zero-order chi connectivity index (χ0) is 13.8. The second-order valence-electron chi connectivity index (χ2n) is 4.42. The normalized spacial score (nSPS) is 20.4. The molecule has 1 aromatic carbocycles. The molecule has 1 unspecified atom stereocenters. The van der Waals surface area contributed by atoms with E-state index in [1.54, 1.807) is 0 Å². The van der Waals surface area contributed by atoms with Gasteiger partial charge in [0.2, 0.25) is 5.82 Å². The topological polar surface area (TPSA) is 75.8 Å². The van der Waals surface area contributed by atoms with Crippen molar-refractivity contribution in [2.75, 3.05) is 26.3 Å². The largest absolute Gasteiger partial charge is 0.394 e. The van der Waals surface area contributed by atoms with Crippen LogP contribution in [0.3, 0.4) is 0 Å². The number of hydrogen-bond acceptors (Lipinski definition) is 5. The summed E-state index contributed by atoms with van der Waals surface area (Å²) in [7, 11) is 0. The van der Waals surface area contributed by atoms with Gasteiger partial charge in [0.15, 0.2) is 0 Å². The molecule has 0 radical (unpaired) electrons. The van der Waals surface area contributed by atoms with Crippen LogP contribution in [-0.2, 0) is 11.3 Å². The Labute approximate surface area is 109 Å². The molecule has 1 aliphatic rings. The third-order valence-corrected chi connectivity index (χ3v) is 3.08. The molecule has 0 aromatic heterocycles. The van der Waals surface area contributed by atoms with Crippen LogP contribution in [0.5, 0.6) is 0 Å². The lowest BCUT2D eigenvalue weighted by atomic mass is 10.1. The lowest BCUT2D eigenvalue weighted by molar-refractivity contribution is -0.387. The van der Waals surface area contributed by atoms with Crippen molar-refractivity contribution in [1.29, 1.82) is 0 Å². The Balaban J connectivity index is 2.10. The van der Waals surface area contributed by atoms with Crippen LogP contribution >= 0.6 is 0 Å². The summed E-state index contributed by atoms with van der Waals surface area (Å²) < 4.78 is 19.2. The first-order chi connectivity index (χ1) is 9.11. The predicted molar refractivity (Wildman–Crippen MR) is 65.2 cm³/mol. The third-order valence-electron chi connectivity index (χ3n) is 3.08. The van der Waals surface area contributed by atoms with E-state index in [2.05, 4.69) is 0 Å². The van der Waals surface area contributed by atoms with Crippen LogP contribution in [0.25, 0.3) is 0 Å². The van der Waals surface area contributed by atoms with Crippen molar-refractivity contribution < 1.29 is 19.2 Å².